The molecule has 4 heteroatoms. The molecule has 2 heterocycles. The van der Waals surface area contributed by atoms with Crippen molar-refractivity contribution >= 4 is 0 Å². The summed E-state index contributed by atoms with van der Waals surface area (Å²) < 4.78 is 2.31. The van der Waals surface area contributed by atoms with Gasteiger partial charge in [-0.05, 0) is 33.1 Å². The molecule has 17 heavy (non-hydrogen) atoms. The highest BCUT2D eigenvalue weighted by Gasteiger charge is 2.20. The molecule has 0 fully saturated rings. The standard InChI is InChI=1S/C13H24N4/c1-10-6-8-17-11(15-16-12(17)9-10)5-7-14-13(2,3)4/h10,14H,5-9H2,1-4H3. The summed E-state index contributed by atoms with van der Waals surface area (Å²) in [5, 5.41) is 12.1. The minimum Gasteiger partial charge on any atom is -0.315 e. The van der Waals surface area contributed by atoms with E-state index >= 15 is 0 Å². The number of hydrogen-bond donors (Lipinski definition) is 1. The molecule has 1 unspecified atom stereocenters. The molecular weight excluding hydrogens is 212 g/mol. The van der Waals surface area contributed by atoms with E-state index in [2.05, 4.69) is 47.8 Å². The van der Waals surface area contributed by atoms with Gasteiger partial charge in [-0.25, -0.2) is 0 Å². The molecule has 0 spiro atoms. The Morgan fingerprint density at radius 1 is 1.35 bits per heavy atom. The molecule has 4 nitrogen and oxygen atoms in total. The fraction of sp³-hybridized carbons (Fsp3) is 0.846. The number of nitrogens with one attached hydrogen (secondary N) is 1. The van der Waals surface area contributed by atoms with Gasteiger partial charge >= 0.3 is 0 Å². The summed E-state index contributed by atoms with van der Waals surface area (Å²) >= 11 is 0. The molecule has 0 amide bonds. The van der Waals surface area contributed by atoms with Crippen molar-refractivity contribution in [2.24, 2.45) is 5.92 Å². The van der Waals surface area contributed by atoms with E-state index in [1.807, 2.05) is 0 Å². The quantitative estimate of drug-likeness (QED) is 0.870. The summed E-state index contributed by atoms with van der Waals surface area (Å²) in [6.45, 7) is 10.9. The maximum absolute atomic E-state index is 4.32. The van der Waals surface area contributed by atoms with Crippen LogP contribution in [0.5, 0.6) is 0 Å². The summed E-state index contributed by atoms with van der Waals surface area (Å²) in [4.78, 5) is 0. The molecule has 2 rings (SSSR count). The van der Waals surface area contributed by atoms with Crippen molar-refractivity contribution < 1.29 is 0 Å². The smallest absolute Gasteiger partial charge is 0.134 e. The normalized spacial score (nSPS) is 20.4. The molecule has 96 valence electrons. The van der Waals surface area contributed by atoms with Gasteiger partial charge in [0.15, 0.2) is 0 Å². The van der Waals surface area contributed by atoms with Crippen molar-refractivity contribution in [1.29, 1.82) is 0 Å². The molecule has 0 bridgehead atoms. The van der Waals surface area contributed by atoms with Crippen molar-refractivity contribution in [3.8, 4) is 0 Å². The molecule has 1 N–H and O–H groups in total. The van der Waals surface area contributed by atoms with E-state index in [4.69, 9.17) is 0 Å². The highest BCUT2D eigenvalue weighted by Crippen LogP contribution is 2.19. The van der Waals surface area contributed by atoms with Crippen LogP contribution in [-0.2, 0) is 19.4 Å². The van der Waals surface area contributed by atoms with Gasteiger partial charge in [-0.15, -0.1) is 10.2 Å². The van der Waals surface area contributed by atoms with Crippen molar-refractivity contribution in [2.75, 3.05) is 6.54 Å². The van der Waals surface area contributed by atoms with Crippen LogP contribution in [0.2, 0.25) is 0 Å². The summed E-state index contributed by atoms with van der Waals surface area (Å²) in [7, 11) is 0. The second-order valence-corrected chi connectivity index (χ2v) is 6.21. The second kappa shape index (κ2) is 4.77. The zero-order chi connectivity index (χ0) is 12.5. The summed E-state index contributed by atoms with van der Waals surface area (Å²) in [5.74, 6) is 3.07. The lowest BCUT2D eigenvalue weighted by molar-refractivity contribution is 0.395. The Morgan fingerprint density at radius 2 is 2.12 bits per heavy atom. The van der Waals surface area contributed by atoms with Crippen LogP contribution in [0.1, 0.15) is 45.8 Å². The molecule has 0 saturated heterocycles. The Kier molecular flexibility index (Phi) is 3.52. The first-order chi connectivity index (χ1) is 7.96. The molecule has 1 atom stereocenters. The van der Waals surface area contributed by atoms with E-state index in [0.29, 0.717) is 0 Å². The minimum absolute atomic E-state index is 0.180. The number of nitrogens with zero attached hydrogens (tertiary/aromatic N) is 3. The molecule has 0 aliphatic carbocycles. The van der Waals surface area contributed by atoms with Crippen LogP contribution in [0.4, 0.5) is 0 Å². The predicted molar refractivity (Wildman–Crippen MR) is 69.0 cm³/mol. The third-order valence-corrected chi connectivity index (χ3v) is 3.28. The Labute approximate surface area is 104 Å². The summed E-state index contributed by atoms with van der Waals surface area (Å²) in [6.07, 6.45) is 3.31. The Balaban J connectivity index is 1.94. The largest absolute Gasteiger partial charge is 0.315 e. The predicted octanol–water partition coefficient (Wildman–Crippen LogP) is 1.79. The van der Waals surface area contributed by atoms with Crippen molar-refractivity contribution in [2.45, 2.75) is 59.0 Å². The van der Waals surface area contributed by atoms with Gasteiger partial charge in [-0.2, -0.15) is 0 Å². The fourth-order valence-corrected chi connectivity index (χ4v) is 2.28. The van der Waals surface area contributed by atoms with E-state index < -0.39 is 0 Å². The van der Waals surface area contributed by atoms with E-state index in [1.165, 1.54) is 12.2 Å². The lowest BCUT2D eigenvalue weighted by Crippen LogP contribution is -2.37. The lowest BCUT2D eigenvalue weighted by Gasteiger charge is -2.22. The number of aromatic nitrogens is 3. The molecular formula is C13H24N4. The Bertz CT molecular complexity index is 375. The van der Waals surface area contributed by atoms with Gasteiger partial charge in [-0.1, -0.05) is 6.92 Å². The van der Waals surface area contributed by atoms with Crippen LogP contribution in [0.3, 0.4) is 0 Å². The molecule has 1 aromatic rings. The zero-order valence-corrected chi connectivity index (χ0v) is 11.5. The Hall–Kier alpha value is -0.900. The fourth-order valence-electron chi connectivity index (χ4n) is 2.28. The van der Waals surface area contributed by atoms with Crippen LogP contribution in [0, 0.1) is 5.92 Å². The molecule has 0 aromatic carbocycles. The van der Waals surface area contributed by atoms with Gasteiger partial charge in [0, 0.05) is 31.5 Å². The van der Waals surface area contributed by atoms with Crippen LogP contribution in [0.15, 0.2) is 0 Å². The summed E-state index contributed by atoms with van der Waals surface area (Å²) in [6, 6.07) is 0. The van der Waals surface area contributed by atoms with Gasteiger partial charge in [0.2, 0.25) is 0 Å². The molecule has 0 saturated carbocycles. The van der Waals surface area contributed by atoms with Crippen LogP contribution < -0.4 is 5.32 Å². The second-order valence-electron chi connectivity index (χ2n) is 6.21. The first kappa shape index (κ1) is 12.6. The highest BCUT2D eigenvalue weighted by atomic mass is 15.3. The van der Waals surface area contributed by atoms with Gasteiger partial charge in [0.1, 0.15) is 11.6 Å². The number of rotatable bonds is 3. The van der Waals surface area contributed by atoms with Crippen LogP contribution >= 0.6 is 0 Å². The lowest BCUT2D eigenvalue weighted by atomic mass is 10.0. The first-order valence-corrected chi connectivity index (χ1v) is 6.62. The van der Waals surface area contributed by atoms with E-state index in [1.54, 1.807) is 0 Å². The SMILES string of the molecule is CC1CCn2c(CCNC(C)(C)C)nnc2C1. The molecule has 1 aliphatic heterocycles. The maximum atomic E-state index is 4.32. The minimum atomic E-state index is 0.180. The third kappa shape index (κ3) is 3.28. The maximum Gasteiger partial charge on any atom is 0.134 e. The van der Waals surface area contributed by atoms with Gasteiger partial charge in [-0.3, -0.25) is 0 Å². The van der Waals surface area contributed by atoms with Gasteiger partial charge in [0.05, 0.1) is 0 Å². The molecule has 0 radical (unpaired) electrons. The van der Waals surface area contributed by atoms with Gasteiger partial charge < -0.3 is 9.88 Å². The van der Waals surface area contributed by atoms with Crippen molar-refractivity contribution in [1.82, 2.24) is 20.1 Å². The average molecular weight is 236 g/mol. The highest BCUT2D eigenvalue weighted by molar-refractivity contribution is 5.00. The molecule has 1 aromatic heterocycles. The van der Waals surface area contributed by atoms with Gasteiger partial charge in [0.25, 0.3) is 0 Å². The zero-order valence-electron chi connectivity index (χ0n) is 11.5. The molecule has 1 aliphatic rings. The summed E-state index contributed by atoms with van der Waals surface area (Å²) in [5.41, 5.74) is 0.180. The Morgan fingerprint density at radius 3 is 2.82 bits per heavy atom. The first-order valence-electron chi connectivity index (χ1n) is 6.62. The van der Waals surface area contributed by atoms with Crippen LogP contribution in [-0.4, -0.2) is 26.8 Å². The number of fused-ring (bicyclic) bond motifs is 1. The van der Waals surface area contributed by atoms with E-state index in [-0.39, 0.29) is 5.54 Å². The monoisotopic (exact) mass is 236 g/mol. The number of hydrogen-bond acceptors (Lipinski definition) is 3. The van der Waals surface area contributed by atoms with E-state index in [0.717, 1.165) is 37.7 Å². The topological polar surface area (TPSA) is 42.7 Å². The third-order valence-electron chi connectivity index (χ3n) is 3.28. The van der Waals surface area contributed by atoms with Crippen molar-refractivity contribution in [3.63, 3.8) is 0 Å². The van der Waals surface area contributed by atoms with E-state index in [9.17, 15) is 0 Å². The van der Waals surface area contributed by atoms with Crippen molar-refractivity contribution in [3.05, 3.63) is 11.6 Å². The average Bonchev–Trinajstić information content (AvgIpc) is 2.59. The van der Waals surface area contributed by atoms with Crippen LogP contribution in [0.25, 0.3) is 0 Å².